The topological polar surface area (TPSA) is 24.3 Å². The molecule has 1 fully saturated rings. The van der Waals surface area contributed by atoms with Crippen LogP contribution in [0.1, 0.15) is 26.1 Å². The summed E-state index contributed by atoms with van der Waals surface area (Å²) in [6.45, 7) is 11.2. The second kappa shape index (κ2) is 7.75. The number of anilines is 1. The van der Waals surface area contributed by atoms with Gasteiger partial charge in [-0.2, -0.15) is 0 Å². The van der Waals surface area contributed by atoms with E-state index in [1.54, 1.807) is 0 Å². The fraction of sp³-hybridized carbons (Fsp3) is 0.435. The number of imidazole rings is 1. The highest BCUT2D eigenvalue weighted by molar-refractivity contribution is 5.76. The molecule has 4 nitrogen and oxygen atoms in total. The van der Waals surface area contributed by atoms with Crippen LogP contribution in [0.3, 0.4) is 0 Å². The molecular weight excluding hydrogens is 370 g/mol. The molecule has 0 unspecified atom stereocenters. The zero-order chi connectivity index (χ0) is 20.6. The Bertz CT molecular complexity index is 986. The number of rotatable bonds is 5. The summed E-state index contributed by atoms with van der Waals surface area (Å²) < 4.78 is 28.8. The molecule has 2 heterocycles. The second-order valence-electron chi connectivity index (χ2n) is 8.46. The molecular formula is C23H28F2N4. The van der Waals surface area contributed by atoms with Crippen molar-refractivity contribution >= 4 is 16.7 Å². The third-order valence-corrected chi connectivity index (χ3v) is 6.18. The first kappa shape index (κ1) is 19.8. The third kappa shape index (κ3) is 4.13. The molecule has 1 aromatic heterocycles. The van der Waals surface area contributed by atoms with E-state index in [0.717, 1.165) is 56.2 Å². The molecule has 6 heteroatoms. The summed E-state index contributed by atoms with van der Waals surface area (Å²) in [4.78, 5) is 9.36. The van der Waals surface area contributed by atoms with Gasteiger partial charge in [-0.25, -0.2) is 13.8 Å². The summed E-state index contributed by atoms with van der Waals surface area (Å²) >= 11 is 0. The summed E-state index contributed by atoms with van der Waals surface area (Å²) in [7, 11) is 0. The van der Waals surface area contributed by atoms with Gasteiger partial charge in [0.05, 0.1) is 11.0 Å². The van der Waals surface area contributed by atoms with Gasteiger partial charge < -0.3 is 9.47 Å². The van der Waals surface area contributed by atoms with Crippen molar-refractivity contribution in [2.24, 2.45) is 0 Å². The lowest BCUT2D eigenvalue weighted by atomic mass is 9.96. The minimum atomic E-state index is -0.249. The standard InChI is InChI=1S/C23H28F2N4/c1-17-26-21-16-19(25)6-9-22(21)29(17)11-10-23(2,3)28-14-12-27(13-15-28)20-7-4-18(24)5-8-20/h4-9,16H,10-15H2,1-3H3. The lowest BCUT2D eigenvalue weighted by molar-refractivity contribution is 0.0993. The van der Waals surface area contributed by atoms with E-state index < -0.39 is 0 Å². The van der Waals surface area contributed by atoms with Crippen LogP contribution in [0.15, 0.2) is 42.5 Å². The molecule has 29 heavy (non-hydrogen) atoms. The summed E-state index contributed by atoms with van der Waals surface area (Å²) in [5.74, 6) is 0.475. The van der Waals surface area contributed by atoms with Crippen LogP contribution in [-0.2, 0) is 6.54 Å². The maximum absolute atomic E-state index is 13.5. The molecule has 1 aliphatic heterocycles. The minimum Gasteiger partial charge on any atom is -0.369 e. The number of hydrogen-bond donors (Lipinski definition) is 0. The molecule has 1 aliphatic rings. The van der Waals surface area contributed by atoms with Gasteiger partial charge in [-0.15, -0.1) is 0 Å². The van der Waals surface area contributed by atoms with Gasteiger partial charge in [0.15, 0.2) is 0 Å². The van der Waals surface area contributed by atoms with Gasteiger partial charge >= 0.3 is 0 Å². The highest BCUT2D eigenvalue weighted by Crippen LogP contribution is 2.26. The number of nitrogens with zero attached hydrogens (tertiary/aromatic N) is 4. The molecule has 2 aromatic carbocycles. The fourth-order valence-corrected chi connectivity index (χ4v) is 4.27. The molecule has 4 rings (SSSR count). The van der Waals surface area contributed by atoms with Crippen molar-refractivity contribution in [3.63, 3.8) is 0 Å². The van der Waals surface area contributed by atoms with E-state index in [1.165, 1.54) is 24.3 Å². The van der Waals surface area contributed by atoms with E-state index in [1.807, 2.05) is 25.1 Å². The van der Waals surface area contributed by atoms with Gasteiger partial charge in [-0.1, -0.05) is 0 Å². The Hall–Kier alpha value is -2.47. The predicted molar refractivity (Wildman–Crippen MR) is 113 cm³/mol. The van der Waals surface area contributed by atoms with Crippen LogP contribution in [0.5, 0.6) is 0 Å². The number of aromatic nitrogens is 2. The fourth-order valence-electron chi connectivity index (χ4n) is 4.27. The van der Waals surface area contributed by atoms with Gasteiger partial charge in [0.1, 0.15) is 17.5 Å². The molecule has 0 saturated carbocycles. The van der Waals surface area contributed by atoms with Crippen LogP contribution in [0.25, 0.3) is 11.0 Å². The summed E-state index contributed by atoms with van der Waals surface area (Å²) in [5, 5.41) is 0. The SMILES string of the molecule is Cc1nc2cc(F)ccc2n1CCC(C)(C)N1CCN(c2ccc(F)cc2)CC1. The number of benzene rings is 2. The van der Waals surface area contributed by atoms with Crippen LogP contribution < -0.4 is 4.90 Å². The maximum Gasteiger partial charge on any atom is 0.125 e. The first-order valence-electron chi connectivity index (χ1n) is 10.2. The summed E-state index contributed by atoms with van der Waals surface area (Å²) in [6, 6.07) is 11.6. The first-order chi connectivity index (χ1) is 13.8. The Morgan fingerprint density at radius 2 is 1.59 bits per heavy atom. The van der Waals surface area contributed by atoms with Crippen molar-refractivity contribution in [2.75, 3.05) is 31.1 Å². The molecule has 0 aliphatic carbocycles. The molecule has 154 valence electrons. The molecule has 0 N–H and O–H groups in total. The Morgan fingerprint density at radius 3 is 2.28 bits per heavy atom. The highest BCUT2D eigenvalue weighted by Gasteiger charge is 2.30. The van der Waals surface area contributed by atoms with Crippen molar-refractivity contribution in [1.29, 1.82) is 0 Å². The van der Waals surface area contributed by atoms with E-state index >= 15 is 0 Å². The molecule has 3 aromatic rings. The normalized spacial score (nSPS) is 16.0. The van der Waals surface area contributed by atoms with Crippen molar-refractivity contribution in [2.45, 2.75) is 39.3 Å². The monoisotopic (exact) mass is 398 g/mol. The van der Waals surface area contributed by atoms with Gasteiger partial charge in [0.2, 0.25) is 0 Å². The Kier molecular flexibility index (Phi) is 5.30. The van der Waals surface area contributed by atoms with Crippen molar-refractivity contribution in [3.05, 3.63) is 59.9 Å². The summed E-state index contributed by atoms with van der Waals surface area (Å²) in [5.41, 5.74) is 2.82. The minimum absolute atomic E-state index is 0.0396. The van der Waals surface area contributed by atoms with Crippen molar-refractivity contribution in [1.82, 2.24) is 14.5 Å². The lowest BCUT2D eigenvalue weighted by Crippen LogP contribution is -2.55. The molecule has 1 saturated heterocycles. The van der Waals surface area contributed by atoms with Gasteiger partial charge in [0.25, 0.3) is 0 Å². The number of fused-ring (bicyclic) bond motifs is 1. The molecule has 0 amide bonds. The van der Waals surface area contributed by atoms with E-state index in [-0.39, 0.29) is 17.2 Å². The Morgan fingerprint density at radius 1 is 0.931 bits per heavy atom. The van der Waals surface area contributed by atoms with Crippen LogP contribution in [-0.4, -0.2) is 46.2 Å². The zero-order valence-corrected chi connectivity index (χ0v) is 17.3. The highest BCUT2D eigenvalue weighted by atomic mass is 19.1. The molecule has 0 radical (unpaired) electrons. The average molecular weight is 399 g/mol. The van der Waals surface area contributed by atoms with Crippen molar-refractivity contribution in [3.8, 4) is 0 Å². The van der Waals surface area contributed by atoms with Crippen LogP contribution in [0, 0.1) is 18.6 Å². The van der Waals surface area contributed by atoms with Crippen LogP contribution in [0.2, 0.25) is 0 Å². The molecule has 0 bridgehead atoms. The van der Waals surface area contributed by atoms with E-state index in [2.05, 4.69) is 33.2 Å². The third-order valence-electron chi connectivity index (χ3n) is 6.18. The number of piperazine rings is 1. The Labute approximate surface area is 170 Å². The number of hydrogen-bond acceptors (Lipinski definition) is 3. The average Bonchev–Trinajstić information content (AvgIpc) is 3.01. The molecule has 0 spiro atoms. The number of aryl methyl sites for hydroxylation is 2. The smallest absolute Gasteiger partial charge is 0.125 e. The maximum atomic E-state index is 13.5. The van der Waals surface area contributed by atoms with E-state index in [4.69, 9.17) is 0 Å². The van der Waals surface area contributed by atoms with Crippen LogP contribution >= 0.6 is 0 Å². The van der Waals surface area contributed by atoms with Crippen LogP contribution in [0.4, 0.5) is 14.5 Å². The lowest BCUT2D eigenvalue weighted by Gasteiger charge is -2.45. The van der Waals surface area contributed by atoms with Gasteiger partial charge in [-0.3, -0.25) is 4.90 Å². The van der Waals surface area contributed by atoms with Gasteiger partial charge in [-0.05, 0) is 63.6 Å². The predicted octanol–water partition coefficient (Wildman–Crippen LogP) is 4.61. The van der Waals surface area contributed by atoms with E-state index in [0.29, 0.717) is 5.52 Å². The summed E-state index contributed by atoms with van der Waals surface area (Å²) in [6.07, 6.45) is 0.979. The zero-order valence-electron chi connectivity index (χ0n) is 17.3. The Balaban J connectivity index is 1.40. The first-order valence-corrected chi connectivity index (χ1v) is 10.2. The number of halogens is 2. The molecule has 0 atom stereocenters. The quantitative estimate of drug-likeness (QED) is 0.627. The van der Waals surface area contributed by atoms with Crippen molar-refractivity contribution < 1.29 is 8.78 Å². The van der Waals surface area contributed by atoms with Gasteiger partial charge in [0, 0.05) is 50.0 Å². The largest absolute Gasteiger partial charge is 0.369 e. The van der Waals surface area contributed by atoms with E-state index in [9.17, 15) is 8.78 Å². The second-order valence-corrected chi connectivity index (χ2v) is 8.46.